The molecule has 0 unspecified atom stereocenters. The van der Waals surface area contributed by atoms with Crippen molar-refractivity contribution in [1.82, 2.24) is 9.97 Å². The Morgan fingerprint density at radius 2 is 2.14 bits per heavy atom. The van der Waals surface area contributed by atoms with E-state index in [4.69, 9.17) is 5.11 Å². The summed E-state index contributed by atoms with van der Waals surface area (Å²) in [5, 5.41) is 20.2. The lowest BCUT2D eigenvalue weighted by Crippen LogP contribution is -2.00. The number of nitrogens with zero attached hydrogens (tertiary/aromatic N) is 2. The maximum atomic E-state index is 11.4. The van der Waals surface area contributed by atoms with Crippen molar-refractivity contribution in [2.75, 3.05) is 0 Å². The highest BCUT2D eigenvalue weighted by Gasteiger charge is 2.19. The zero-order chi connectivity index (χ0) is 15.9. The van der Waals surface area contributed by atoms with Crippen molar-refractivity contribution in [3.8, 4) is 11.1 Å². The van der Waals surface area contributed by atoms with Crippen LogP contribution >= 0.6 is 11.3 Å². The third-order valence-corrected chi connectivity index (χ3v) is 3.87. The Morgan fingerprint density at radius 1 is 1.36 bits per heavy atom. The van der Waals surface area contributed by atoms with Gasteiger partial charge in [-0.15, -0.1) is 0 Å². The van der Waals surface area contributed by atoms with E-state index in [1.807, 2.05) is 0 Å². The number of nitro groups is 1. The zero-order valence-electron chi connectivity index (χ0n) is 10.8. The number of hydrogen-bond donors (Lipinski definition) is 2. The number of aromatic carboxylic acids is 1. The number of benzene rings is 1. The third-order valence-electron chi connectivity index (χ3n) is 3.02. The number of pyridine rings is 1. The molecule has 0 fully saturated rings. The smallest absolute Gasteiger partial charge is 0.354 e. The van der Waals surface area contributed by atoms with Gasteiger partial charge in [0.05, 0.1) is 20.7 Å². The van der Waals surface area contributed by atoms with Crippen molar-refractivity contribution in [3.63, 3.8) is 0 Å². The summed E-state index contributed by atoms with van der Waals surface area (Å²) in [6.45, 7) is 0. The topological polar surface area (TPSA) is 126 Å². The molecule has 1 aromatic carbocycles. The SMILES string of the molecule is O=C(O)c1cc(-c2cc3sc(=O)[nH]c3cc2[N+](=O)[O-])ccn1. The van der Waals surface area contributed by atoms with Crippen LogP contribution in [0.15, 0.2) is 35.3 Å². The van der Waals surface area contributed by atoms with Crippen LogP contribution < -0.4 is 4.87 Å². The lowest BCUT2D eigenvalue weighted by Gasteiger charge is -2.04. The Bertz CT molecular complexity index is 975. The van der Waals surface area contributed by atoms with Crippen LogP contribution in [0.5, 0.6) is 0 Å². The number of hydrogen-bond acceptors (Lipinski definition) is 6. The first-order chi connectivity index (χ1) is 10.5. The lowest BCUT2D eigenvalue weighted by atomic mass is 10.0. The zero-order valence-corrected chi connectivity index (χ0v) is 11.6. The lowest BCUT2D eigenvalue weighted by molar-refractivity contribution is -0.384. The molecule has 3 aromatic rings. The van der Waals surface area contributed by atoms with Gasteiger partial charge < -0.3 is 10.1 Å². The molecule has 0 aliphatic heterocycles. The molecule has 2 aromatic heterocycles. The van der Waals surface area contributed by atoms with Gasteiger partial charge in [0, 0.05) is 12.3 Å². The molecule has 22 heavy (non-hydrogen) atoms. The van der Waals surface area contributed by atoms with Gasteiger partial charge in [0.25, 0.3) is 5.69 Å². The highest BCUT2D eigenvalue weighted by atomic mass is 32.1. The van der Waals surface area contributed by atoms with Crippen LogP contribution in [-0.4, -0.2) is 26.0 Å². The van der Waals surface area contributed by atoms with Crippen molar-refractivity contribution < 1.29 is 14.8 Å². The molecular formula is C13H7N3O5S. The molecular weight excluding hydrogens is 310 g/mol. The van der Waals surface area contributed by atoms with E-state index in [2.05, 4.69) is 9.97 Å². The summed E-state index contributed by atoms with van der Waals surface area (Å²) < 4.78 is 0.555. The predicted octanol–water partition coefficient (Wildman–Crippen LogP) is 2.26. The summed E-state index contributed by atoms with van der Waals surface area (Å²) in [4.78, 5) is 38.9. The number of fused-ring (bicyclic) bond motifs is 1. The maximum Gasteiger partial charge on any atom is 0.354 e. The quantitative estimate of drug-likeness (QED) is 0.563. The first kappa shape index (κ1) is 13.9. The molecule has 0 aliphatic carbocycles. The first-order valence-corrected chi connectivity index (χ1v) is 6.78. The molecule has 0 amide bonds. The molecule has 0 atom stereocenters. The van der Waals surface area contributed by atoms with E-state index < -0.39 is 10.9 Å². The molecule has 8 nitrogen and oxygen atoms in total. The van der Waals surface area contributed by atoms with E-state index in [0.717, 1.165) is 11.3 Å². The van der Waals surface area contributed by atoms with E-state index in [0.29, 0.717) is 15.8 Å². The molecule has 3 rings (SSSR count). The molecule has 0 saturated carbocycles. The Balaban J connectivity index is 2.30. The Hall–Kier alpha value is -3.07. The van der Waals surface area contributed by atoms with Crippen molar-refractivity contribution >= 4 is 33.2 Å². The molecule has 0 spiro atoms. The van der Waals surface area contributed by atoms with Gasteiger partial charge in [-0.05, 0) is 23.8 Å². The largest absolute Gasteiger partial charge is 0.477 e. The van der Waals surface area contributed by atoms with E-state index >= 15 is 0 Å². The van der Waals surface area contributed by atoms with Gasteiger partial charge in [0.1, 0.15) is 5.69 Å². The monoisotopic (exact) mass is 317 g/mol. The number of aromatic amines is 1. The second kappa shape index (κ2) is 5.04. The second-order valence-corrected chi connectivity index (χ2v) is 5.39. The number of nitro benzene ring substituents is 1. The minimum atomic E-state index is -1.23. The van der Waals surface area contributed by atoms with Gasteiger partial charge in [-0.3, -0.25) is 14.9 Å². The first-order valence-electron chi connectivity index (χ1n) is 5.96. The minimum Gasteiger partial charge on any atom is -0.477 e. The third kappa shape index (κ3) is 2.33. The maximum absolute atomic E-state index is 11.4. The van der Waals surface area contributed by atoms with Crippen molar-refractivity contribution in [2.24, 2.45) is 0 Å². The van der Waals surface area contributed by atoms with E-state index in [1.54, 1.807) is 0 Å². The highest BCUT2D eigenvalue weighted by Crippen LogP contribution is 2.34. The van der Waals surface area contributed by atoms with E-state index in [-0.39, 0.29) is 21.8 Å². The number of carboxylic acid groups (broad SMARTS) is 1. The molecule has 0 aliphatic rings. The fourth-order valence-corrected chi connectivity index (χ4v) is 2.84. The summed E-state index contributed by atoms with van der Waals surface area (Å²) in [5.41, 5.74) is 0.524. The van der Waals surface area contributed by atoms with Crippen LogP contribution in [0.25, 0.3) is 21.3 Å². The van der Waals surface area contributed by atoms with Gasteiger partial charge in [-0.1, -0.05) is 11.3 Å². The number of H-pyrrole nitrogens is 1. The molecule has 9 heteroatoms. The second-order valence-electron chi connectivity index (χ2n) is 4.37. The summed E-state index contributed by atoms with van der Waals surface area (Å²) in [5.74, 6) is -1.23. The summed E-state index contributed by atoms with van der Waals surface area (Å²) in [6.07, 6.45) is 1.27. The van der Waals surface area contributed by atoms with Gasteiger partial charge in [-0.25, -0.2) is 9.78 Å². The molecule has 2 N–H and O–H groups in total. The minimum absolute atomic E-state index is 0.214. The van der Waals surface area contributed by atoms with Gasteiger partial charge in [0.15, 0.2) is 0 Å². The van der Waals surface area contributed by atoms with Crippen LogP contribution in [0.4, 0.5) is 5.69 Å². The standard InChI is InChI=1S/C13H7N3O5S/c17-12(18)9-3-6(1-2-14-9)7-4-11-8(15-13(19)22-11)5-10(7)16(20)21/h1-5H,(H,15,19)(H,17,18). The summed E-state index contributed by atoms with van der Waals surface area (Å²) in [6, 6.07) is 5.50. The normalized spacial score (nSPS) is 10.7. The van der Waals surface area contributed by atoms with Crippen LogP contribution in [0.2, 0.25) is 0 Å². The average molecular weight is 317 g/mol. The molecule has 0 saturated heterocycles. The Kier molecular flexibility index (Phi) is 3.18. The predicted molar refractivity (Wildman–Crippen MR) is 79.3 cm³/mol. The molecule has 2 heterocycles. The Labute approximate surface area is 125 Å². The number of aromatic nitrogens is 2. The number of thiazole rings is 1. The van der Waals surface area contributed by atoms with Crippen molar-refractivity contribution in [2.45, 2.75) is 0 Å². The van der Waals surface area contributed by atoms with Crippen LogP contribution in [0.3, 0.4) is 0 Å². The number of rotatable bonds is 3. The van der Waals surface area contributed by atoms with Crippen molar-refractivity contribution in [3.05, 3.63) is 55.9 Å². The van der Waals surface area contributed by atoms with Gasteiger partial charge in [-0.2, -0.15) is 0 Å². The Morgan fingerprint density at radius 3 is 2.82 bits per heavy atom. The van der Waals surface area contributed by atoms with Crippen LogP contribution in [0, 0.1) is 10.1 Å². The van der Waals surface area contributed by atoms with Gasteiger partial charge in [0.2, 0.25) is 0 Å². The van der Waals surface area contributed by atoms with Crippen LogP contribution in [0.1, 0.15) is 10.5 Å². The molecule has 0 bridgehead atoms. The fraction of sp³-hybridized carbons (Fsp3) is 0. The van der Waals surface area contributed by atoms with E-state index in [9.17, 15) is 19.7 Å². The highest BCUT2D eigenvalue weighted by molar-refractivity contribution is 7.16. The van der Waals surface area contributed by atoms with Gasteiger partial charge >= 0.3 is 10.8 Å². The molecule has 0 radical (unpaired) electrons. The molecule has 110 valence electrons. The van der Waals surface area contributed by atoms with Crippen molar-refractivity contribution in [1.29, 1.82) is 0 Å². The van der Waals surface area contributed by atoms with E-state index in [1.165, 1.54) is 30.5 Å². The number of nitrogens with one attached hydrogen (secondary N) is 1. The summed E-state index contributed by atoms with van der Waals surface area (Å²) >= 11 is 0.926. The number of carbonyl (C=O) groups is 1. The summed E-state index contributed by atoms with van der Waals surface area (Å²) in [7, 11) is 0. The average Bonchev–Trinajstić information content (AvgIpc) is 2.85. The fourth-order valence-electron chi connectivity index (χ4n) is 2.08. The van der Waals surface area contributed by atoms with Crippen LogP contribution in [-0.2, 0) is 0 Å². The number of carboxylic acids is 1.